The normalized spacial score (nSPS) is 11.3. The molecule has 0 aliphatic heterocycles. The van der Waals surface area contributed by atoms with Gasteiger partial charge in [-0.2, -0.15) is 0 Å². The van der Waals surface area contributed by atoms with Gasteiger partial charge in [0, 0.05) is 26.3 Å². The average Bonchev–Trinajstić information content (AvgIpc) is 3.26. The smallest absolute Gasteiger partial charge is 0.279 e. The van der Waals surface area contributed by atoms with Crippen LogP contribution >= 0.6 is 23.2 Å². The summed E-state index contributed by atoms with van der Waals surface area (Å²) in [6, 6.07) is 18.7. The van der Waals surface area contributed by atoms with Crippen LogP contribution in [0.2, 0.25) is 10.0 Å². The summed E-state index contributed by atoms with van der Waals surface area (Å²) < 4.78 is 3.23. The number of halogens is 2. The van der Waals surface area contributed by atoms with Crippen molar-refractivity contribution in [2.75, 3.05) is 12.5 Å². The summed E-state index contributed by atoms with van der Waals surface area (Å²) in [6.45, 7) is 2.29. The number of aromatic nitrogens is 3. The highest BCUT2D eigenvalue weighted by Gasteiger charge is 2.22. The predicted molar refractivity (Wildman–Crippen MR) is 149 cm³/mol. The second-order valence-corrected chi connectivity index (χ2v) is 9.85. The number of benzene rings is 3. The Labute approximate surface area is 223 Å². The van der Waals surface area contributed by atoms with Crippen LogP contribution in [-0.2, 0) is 24.8 Å². The zero-order chi connectivity index (χ0) is 26.3. The Balaban J connectivity index is 1.67. The molecule has 0 saturated heterocycles. The molecule has 5 rings (SSSR count). The maximum absolute atomic E-state index is 13.9. The van der Waals surface area contributed by atoms with E-state index in [4.69, 9.17) is 23.2 Å². The Hall–Kier alpha value is -3.81. The van der Waals surface area contributed by atoms with E-state index in [0.717, 1.165) is 11.1 Å². The van der Waals surface area contributed by atoms with E-state index in [9.17, 15) is 9.59 Å². The van der Waals surface area contributed by atoms with Gasteiger partial charge in [-0.1, -0.05) is 65.7 Å². The molecule has 0 unspecified atom stereocenters. The van der Waals surface area contributed by atoms with Crippen molar-refractivity contribution in [2.45, 2.75) is 19.9 Å². The minimum Gasteiger partial charge on any atom is -0.341 e. The quantitative estimate of drug-likeness (QED) is 0.309. The first-order valence-electron chi connectivity index (χ1n) is 11.7. The molecule has 5 aromatic rings. The van der Waals surface area contributed by atoms with Gasteiger partial charge in [0.25, 0.3) is 5.56 Å². The summed E-state index contributed by atoms with van der Waals surface area (Å²) in [6.07, 6.45) is 1.78. The van der Waals surface area contributed by atoms with Gasteiger partial charge in [0.1, 0.15) is 0 Å². The van der Waals surface area contributed by atoms with Crippen molar-refractivity contribution in [1.29, 1.82) is 0 Å². The minimum atomic E-state index is -0.286. The van der Waals surface area contributed by atoms with Gasteiger partial charge in [-0.15, -0.1) is 0 Å². The van der Waals surface area contributed by atoms with Gasteiger partial charge in [-0.3, -0.25) is 15.0 Å². The molecule has 1 N–H and O–H groups in total. The minimum absolute atomic E-state index is 0.0701. The molecule has 3 aromatic carbocycles. The number of carbonyl (C=O) groups excluding carboxylic acids is 1. The number of imidazole rings is 1. The molecule has 0 bridgehead atoms. The van der Waals surface area contributed by atoms with Crippen LogP contribution in [0.25, 0.3) is 21.8 Å². The molecule has 7 nitrogen and oxygen atoms in total. The van der Waals surface area contributed by atoms with Gasteiger partial charge in [-0.25, -0.2) is 9.66 Å². The van der Waals surface area contributed by atoms with Crippen LogP contribution in [0.3, 0.4) is 0 Å². The number of aryl methyl sites for hydroxylation is 1. The number of nitrogens with one attached hydrogen (secondary N) is 1. The number of hydrogen-bond acceptors (Lipinski definition) is 4. The van der Waals surface area contributed by atoms with E-state index >= 15 is 0 Å². The zero-order valence-corrected chi connectivity index (χ0v) is 22.1. The van der Waals surface area contributed by atoms with Gasteiger partial charge < -0.3 is 9.47 Å². The van der Waals surface area contributed by atoms with Crippen molar-refractivity contribution < 1.29 is 4.79 Å². The third-order valence-corrected chi connectivity index (χ3v) is 7.23. The Morgan fingerprint density at radius 2 is 1.73 bits per heavy atom. The molecule has 2 aromatic heterocycles. The zero-order valence-electron chi connectivity index (χ0n) is 20.6. The highest BCUT2D eigenvalue weighted by molar-refractivity contribution is 6.39. The fourth-order valence-corrected chi connectivity index (χ4v) is 5.10. The van der Waals surface area contributed by atoms with Crippen molar-refractivity contribution >= 4 is 56.6 Å². The number of amides is 1. The molecule has 0 aliphatic rings. The summed E-state index contributed by atoms with van der Waals surface area (Å²) in [5.74, 6) is -0.0701. The molecule has 0 spiro atoms. The van der Waals surface area contributed by atoms with Gasteiger partial charge in [0.2, 0.25) is 5.91 Å². The molecule has 37 heavy (non-hydrogen) atoms. The van der Waals surface area contributed by atoms with E-state index in [-0.39, 0.29) is 17.9 Å². The number of likely N-dealkylation sites (N-methyl/N-ethyl adjacent to an activating group) is 1. The summed E-state index contributed by atoms with van der Waals surface area (Å²) in [5, 5.41) is 1.92. The Bertz CT molecular complexity index is 1690. The first kappa shape index (κ1) is 24.9. The lowest BCUT2D eigenvalue weighted by Gasteiger charge is -2.22. The lowest BCUT2D eigenvalue weighted by Crippen LogP contribution is -2.33. The van der Waals surface area contributed by atoms with Crippen molar-refractivity contribution in [2.24, 2.45) is 7.05 Å². The average molecular weight is 534 g/mol. The van der Waals surface area contributed by atoms with Crippen LogP contribution in [0.5, 0.6) is 0 Å². The summed E-state index contributed by atoms with van der Waals surface area (Å²) in [5.41, 5.74) is 6.98. The second kappa shape index (κ2) is 9.92. The van der Waals surface area contributed by atoms with E-state index < -0.39 is 0 Å². The van der Waals surface area contributed by atoms with Crippen molar-refractivity contribution in [3.05, 3.63) is 104 Å². The van der Waals surface area contributed by atoms with Crippen LogP contribution < -0.4 is 11.0 Å². The third-order valence-electron chi connectivity index (χ3n) is 6.60. The molecule has 0 aliphatic carbocycles. The fraction of sp³-hybridized carbons (Fsp3) is 0.179. The SMILES string of the molecule is Cc1c(CC(=O)N(C)Cc2ccccc2)c2ccc3ncn(C)c3c2c(=O)n1Nc1c(Cl)cccc1Cl. The molecule has 188 valence electrons. The molecule has 0 atom stereocenters. The third kappa shape index (κ3) is 4.56. The van der Waals surface area contributed by atoms with E-state index in [0.29, 0.717) is 49.8 Å². The number of rotatable bonds is 6. The summed E-state index contributed by atoms with van der Waals surface area (Å²) in [7, 11) is 3.62. The van der Waals surface area contributed by atoms with Crippen LogP contribution in [0.4, 0.5) is 5.69 Å². The largest absolute Gasteiger partial charge is 0.341 e. The van der Waals surface area contributed by atoms with E-state index in [1.54, 1.807) is 36.5 Å². The van der Waals surface area contributed by atoms with Crippen LogP contribution in [0, 0.1) is 6.92 Å². The van der Waals surface area contributed by atoms with E-state index in [2.05, 4.69) is 10.4 Å². The van der Waals surface area contributed by atoms with Gasteiger partial charge in [-0.05, 0) is 41.6 Å². The maximum Gasteiger partial charge on any atom is 0.279 e. The summed E-state index contributed by atoms with van der Waals surface area (Å²) in [4.78, 5) is 33.5. The molecule has 9 heteroatoms. The van der Waals surface area contributed by atoms with Gasteiger partial charge >= 0.3 is 0 Å². The van der Waals surface area contributed by atoms with Crippen LogP contribution in [-0.4, -0.2) is 32.1 Å². The van der Waals surface area contributed by atoms with E-state index in [1.165, 1.54) is 4.68 Å². The lowest BCUT2D eigenvalue weighted by molar-refractivity contribution is -0.129. The van der Waals surface area contributed by atoms with E-state index in [1.807, 2.05) is 61.0 Å². The number of fused-ring (bicyclic) bond motifs is 3. The maximum atomic E-state index is 13.9. The number of hydrogen-bond donors (Lipinski definition) is 1. The van der Waals surface area contributed by atoms with Gasteiger partial charge in [0.15, 0.2) is 0 Å². The first-order chi connectivity index (χ1) is 17.8. The molecular formula is C28H25Cl2N5O2. The molecule has 0 radical (unpaired) electrons. The topological polar surface area (TPSA) is 72.2 Å². The molecule has 0 saturated carbocycles. The highest BCUT2D eigenvalue weighted by Crippen LogP contribution is 2.31. The number of anilines is 1. The molecule has 1 amide bonds. The monoisotopic (exact) mass is 533 g/mol. The van der Waals surface area contributed by atoms with Gasteiger partial charge in [0.05, 0.1) is 44.9 Å². The Morgan fingerprint density at radius 1 is 1.03 bits per heavy atom. The van der Waals surface area contributed by atoms with Crippen LogP contribution in [0.15, 0.2) is 71.8 Å². The first-order valence-corrected chi connectivity index (χ1v) is 12.5. The van der Waals surface area contributed by atoms with Crippen LogP contribution in [0.1, 0.15) is 16.8 Å². The van der Waals surface area contributed by atoms with Crippen molar-refractivity contribution in [1.82, 2.24) is 19.1 Å². The number of nitrogens with zero attached hydrogens (tertiary/aromatic N) is 4. The molecule has 2 heterocycles. The van der Waals surface area contributed by atoms with Crippen molar-refractivity contribution in [3.8, 4) is 0 Å². The Morgan fingerprint density at radius 3 is 2.43 bits per heavy atom. The summed E-state index contributed by atoms with van der Waals surface area (Å²) >= 11 is 12.8. The number of para-hydroxylation sites is 1. The Kier molecular flexibility index (Phi) is 6.67. The standard InChI is InChI=1S/C28H25Cl2N5O2/c1-17-20(14-24(36)33(2)15-18-8-5-4-6-9-18)19-12-13-23-27(34(3)16-31-23)25(19)28(37)35(17)32-26-21(29)10-7-11-22(26)30/h4-13,16,32H,14-15H2,1-3H3. The van der Waals surface area contributed by atoms with Crippen molar-refractivity contribution in [3.63, 3.8) is 0 Å². The predicted octanol–water partition coefficient (Wildman–Crippen LogP) is 5.58. The second-order valence-electron chi connectivity index (χ2n) is 9.04. The number of pyridine rings is 1. The fourth-order valence-electron chi connectivity index (χ4n) is 4.62. The lowest BCUT2D eigenvalue weighted by atomic mass is 10.00. The molecule has 0 fully saturated rings. The molecular weight excluding hydrogens is 509 g/mol. The highest BCUT2D eigenvalue weighted by atomic mass is 35.5. The number of carbonyl (C=O) groups is 1.